The van der Waals surface area contributed by atoms with Gasteiger partial charge in [-0.25, -0.2) is 4.98 Å². The summed E-state index contributed by atoms with van der Waals surface area (Å²) in [6, 6.07) is 0. The van der Waals surface area contributed by atoms with Crippen molar-refractivity contribution < 1.29 is 4.74 Å². The second-order valence-corrected chi connectivity index (χ2v) is 7.21. The molecule has 1 aromatic rings. The molecule has 1 atom stereocenters. The topological polar surface area (TPSA) is 34.1 Å². The minimum absolute atomic E-state index is 0.0647. The number of aryl methyl sites for hydroxylation is 1. The summed E-state index contributed by atoms with van der Waals surface area (Å²) in [5, 5.41) is 4.75. The number of hydrogen-bond donors (Lipinski definition) is 1. The van der Waals surface area contributed by atoms with Crippen LogP contribution in [0.1, 0.15) is 66.9 Å². The summed E-state index contributed by atoms with van der Waals surface area (Å²) in [4.78, 5) is 6.59. The Morgan fingerprint density at radius 3 is 2.85 bits per heavy atom. The van der Waals surface area contributed by atoms with Gasteiger partial charge in [-0.1, -0.05) is 19.8 Å². The summed E-state index contributed by atoms with van der Waals surface area (Å²) in [6.07, 6.45) is 8.66. The van der Waals surface area contributed by atoms with E-state index in [0.717, 1.165) is 25.9 Å². The van der Waals surface area contributed by atoms with Crippen LogP contribution < -0.4 is 5.32 Å². The maximum atomic E-state index is 5.91. The molecule has 4 heteroatoms. The second-order valence-electron chi connectivity index (χ2n) is 6.13. The molecule has 1 unspecified atom stereocenters. The van der Waals surface area contributed by atoms with E-state index in [1.165, 1.54) is 47.7 Å². The SMILES string of the molecule is CCNCC1CCCc2sc(C3(OC)CCCC3)nc21. The van der Waals surface area contributed by atoms with E-state index in [2.05, 4.69) is 12.2 Å². The van der Waals surface area contributed by atoms with Gasteiger partial charge in [-0.3, -0.25) is 0 Å². The van der Waals surface area contributed by atoms with Gasteiger partial charge in [0.1, 0.15) is 10.6 Å². The number of likely N-dealkylation sites (N-methyl/N-ethyl adjacent to an activating group) is 1. The molecule has 0 radical (unpaired) electrons. The van der Waals surface area contributed by atoms with Crippen LogP contribution in [0.25, 0.3) is 0 Å². The fourth-order valence-electron chi connectivity index (χ4n) is 3.67. The number of methoxy groups -OCH3 is 1. The Hall–Kier alpha value is -0.450. The van der Waals surface area contributed by atoms with Gasteiger partial charge in [0, 0.05) is 24.4 Å². The van der Waals surface area contributed by atoms with Crippen molar-refractivity contribution in [2.75, 3.05) is 20.2 Å². The fraction of sp³-hybridized carbons (Fsp3) is 0.812. The van der Waals surface area contributed by atoms with Crippen molar-refractivity contribution in [3.05, 3.63) is 15.6 Å². The molecule has 112 valence electrons. The van der Waals surface area contributed by atoms with E-state index in [4.69, 9.17) is 9.72 Å². The molecule has 0 spiro atoms. The van der Waals surface area contributed by atoms with Crippen molar-refractivity contribution in [2.45, 2.75) is 63.4 Å². The highest BCUT2D eigenvalue weighted by molar-refractivity contribution is 7.11. The molecule has 1 aromatic heterocycles. The van der Waals surface area contributed by atoms with E-state index in [-0.39, 0.29) is 5.60 Å². The van der Waals surface area contributed by atoms with Crippen LogP contribution >= 0.6 is 11.3 Å². The first-order valence-electron chi connectivity index (χ1n) is 8.05. The molecule has 20 heavy (non-hydrogen) atoms. The van der Waals surface area contributed by atoms with Gasteiger partial charge < -0.3 is 10.1 Å². The number of nitrogens with one attached hydrogen (secondary N) is 1. The molecule has 0 saturated heterocycles. The minimum atomic E-state index is -0.0647. The molecule has 0 aliphatic heterocycles. The highest BCUT2D eigenvalue weighted by Crippen LogP contribution is 2.46. The predicted octanol–water partition coefficient (Wildman–Crippen LogP) is 3.59. The molecule has 3 rings (SSSR count). The Labute approximate surface area is 126 Å². The third kappa shape index (κ3) is 2.53. The van der Waals surface area contributed by atoms with Crippen molar-refractivity contribution in [1.82, 2.24) is 10.3 Å². The first-order valence-corrected chi connectivity index (χ1v) is 8.86. The highest BCUT2D eigenvalue weighted by Gasteiger charge is 2.40. The Morgan fingerprint density at radius 1 is 1.35 bits per heavy atom. The van der Waals surface area contributed by atoms with Crippen LogP contribution in [-0.2, 0) is 16.8 Å². The number of fused-ring (bicyclic) bond motifs is 1. The number of nitrogens with zero attached hydrogens (tertiary/aromatic N) is 1. The third-order valence-corrected chi connectivity index (χ3v) is 6.22. The lowest BCUT2D eigenvalue weighted by Crippen LogP contribution is -2.25. The van der Waals surface area contributed by atoms with Crippen molar-refractivity contribution in [3.8, 4) is 0 Å². The molecule has 0 bridgehead atoms. The van der Waals surface area contributed by atoms with Crippen LogP contribution in [0.5, 0.6) is 0 Å². The first-order chi connectivity index (χ1) is 9.79. The molecular weight excluding hydrogens is 268 g/mol. The zero-order chi connectivity index (χ0) is 14.0. The van der Waals surface area contributed by atoms with E-state index in [1.54, 1.807) is 0 Å². The molecule has 0 amide bonds. The molecular formula is C16H26N2OS. The summed E-state index contributed by atoms with van der Waals surface area (Å²) in [7, 11) is 1.86. The third-order valence-electron chi connectivity index (χ3n) is 4.90. The van der Waals surface area contributed by atoms with Gasteiger partial charge in [0.05, 0.1) is 5.69 Å². The number of thiazole rings is 1. The van der Waals surface area contributed by atoms with Gasteiger partial charge in [0.15, 0.2) is 0 Å². The van der Waals surface area contributed by atoms with Gasteiger partial charge in [-0.2, -0.15) is 0 Å². The molecule has 2 aliphatic rings. The van der Waals surface area contributed by atoms with Gasteiger partial charge >= 0.3 is 0 Å². The number of rotatable bonds is 5. The number of ether oxygens (including phenoxy) is 1. The van der Waals surface area contributed by atoms with Gasteiger partial charge in [0.2, 0.25) is 0 Å². The standard InChI is InChI=1S/C16H26N2OS/c1-3-17-11-12-7-6-8-13-14(12)18-15(20-13)16(19-2)9-4-5-10-16/h12,17H,3-11H2,1-2H3. The first kappa shape index (κ1) is 14.5. The van der Waals surface area contributed by atoms with Crippen molar-refractivity contribution in [2.24, 2.45) is 0 Å². The number of aromatic nitrogens is 1. The average molecular weight is 294 g/mol. The van der Waals surface area contributed by atoms with Gasteiger partial charge in [0.25, 0.3) is 0 Å². The molecule has 1 N–H and O–H groups in total. The van der Waals surface area contributed by atoms with Crippen LogP contribution in [0.2, 0.25) is 0 Å². The summed E-state index contributed by atoms with van der Waals surface area (Å²) < 4.78 is 5.91. The van der Waals surface area contributed by atoms with Gasteiger partial charge in [-0.15, -0.1) is 11.3 Å². The van der Waals surface area contributed by atoms with Crippen LogP contribution in [0, 0.1) is 0 Å². The lowest BCUT2D eigenvalue weighted by Gasteiger charge is -2.24. The van der Waals surface area contributed by atoms with Crippen LogP contribution in [0.3, 0.4) is 0 Å². The van der Waals surface area contributed by atoms with Crippen LogP contribution in [0.15, 0.2) is 0 Å². The van der Waals surface area contributed by atoms with E-state index < -0.39 is 0 Å². The van der Waals surface area contributed by atoms with E-state index in [9.17, 15) is 0 Å². The molecule has 1 fully saturated rings. The maximum Gasteiger partial charge on any atom is 0.125 e. The zero-order valence-corrected chi connectivity index (χ0v) is 13.5. The molecule has 1 saturated carbocycles. The largest absolute Gasteiger partial charge is 0.371 e. The Morgan fingerprint density at radius 2 is 2.15 bits per heavy atom. The Bertz CT molecular complexity index is 451. The van der Waals surface area contributed by atoms with E-state index in [1.807, 2.05) is 18.4 Å². The number of hydrogen-bond acceptors (Lipinski definition) is 4. The normalized spacial score (nSPS) is 24.8. The fourth-order valence-corrected chi connectivity index (χ4v) is 5.09. The minimum Gasteiger partial charge on any atom is -0.371 e. The predicted molar refractivity (Wildman–Crippen MR) is 83.5 cm³/mol. The molecule has 3 nitrogen and oxygen atoms in total. The zero-order valence-electron chi connectivity index (χ0n) is 12.7. The lowest BCUT2D eigenvalue weighted by molar-refractivity contribution is -0.00900. The van der Waals surface area contributed by atoms with E-state index >= 15 is 0 Å². The quantitative estimate of drug-likeness (QED) is 0.901. The van der Waals surface area contributed by atoms with Crippen LogP contribution in [0.4, 0.5) is 0 Å². The summed E-state index contributed by atoms with van der Waals surface area (Å²) in [6.45, 7) is 4.30. The maximum absolute atomic E-state index is 5.91. The van der Waals surface area contributed by atoms with Gasteiger partial charge in [-0.05, 0) is 38.6 Å². The summed E-state index contributed by atoms with van der Waals surface area (Å²) in [5.41, 5.74) is 1.31. The van der Waals surface area contributed by atoms with Crippen molar-refractivity contribution in [3.63, 3.8) is 0 Å². The average Bonchev–Trinajstić information content (AvgIpc) is 3.11. The highest BCUT2D eigenvalue weighted by atomic mass is 32.1. The molecule has 0 aromatic carbocycles. The van der Waals surface area contributed by atoms with E-state index in [0.29, 0.717) is 5.92 Å². The smallest absolute Gasteiger partial charge is 0.125 e. The molecule has 1 heterocycles. The lowest BCUT2D eigenvalue weighted by atomic mass is 9.91. The monoisotopic (exact) mass is 294 g/mol. The Balaban J connectivity index is 1.87. The second kappa shape index (κ2) is 6.12. The van der Waals surface area contributed by atoms with Crippen molar-refractivity contribution >= 4 is 11.3 Å². The molecule has 2 aliphatic carbocycles. The summed E-state index contributed by atoms with van der Waals surface area (Å²) in [5.74, 6) is 0.610. The van der Waals surface area contributed by atoms with Crippen LogP contribution in [-0.4, -0.2) is 25.2 Å². The van der Waals surface area contributed by atoms with Crippen molar-refractivity contribution in [1.29, 1.82) is 0 Å². The Kier molecular flexibility index (Phi) is 4.43. The summed E-state index contributed by atoms with van der Waals surface area (Å²) >= 11 is 1.93.